The van der Waals surface area contributed by atoms with Gasteiger partial charge in [0.05, 0.1) is 0 Å². The van der Waals surface area contributed by atoms with Crippen molar-refractivity contribution in [2.45, 2.75) is 18.9 Å². The van der Waals surface area contributed by atoms with E-state index in [9.17, 15) is 4.79 Å². The minimum Gasteiger partial charge on any atom is -0.367 e. The number of carbonyl (C=O) groups is 1. The molecular weight excluding hydrogens is 252 g/mol. The Morgan fingerprint density at radius 3 is 2.55 bits per heavy atom. The average Bonchev–Trinajstić information content (AvgIpc) is 3.00. The van der Waals surface area contributed by atoms with Crippen LogP contribution < -0.4 is 0 Å². The SMILES string of the molecule is CO[C@@H](C(=O)N(C)CCN1CCCC1)c1ccccc1. The molecule has 1 heterocycles. The van der Waals surface area contributed by atoms with Crippen molar-refractivity contribution in [3.63, 3.8) is 0 Å². The molecule has 0 spiro atoms. The van der Waals surface area contributed by atoms with E-state index in [-0.39, 0.29) is 5.91 Å². The fraction of sp³-hybridized carbons (Fsp3) is 0.562. The first-order valence-electron chi connectivity index (χ1n) is 7.27. The Kier molecular flexibility index (Phi) is 5.56. The fourth-order valence-corrected chi connectivity index (χ4v) is 2.62. The van der Waals surface area contributed by atoms with Gasteiger partial charge in [0.15, 0.2) is 6.10 Å². The van der Waals surface area contributed by atoms with Crippen LogP contribution in [-0.2, 0) is 9.53 Å². The lowest BCUT2D eigenvalue weighted by Crippen LogP contribution is -2.38. The van der Waals surface area contributed by atoms with Gasteiger partial charge >= 0.3 is 0 Å². The molecule has 20 heavy (non-hydrogen) atoms. The third-order valence-corrected chi connectivity index (χ3v) is 3.89. The summed E-state index contributed by atoms with van der Waals surface area (Å²) in [7, 11) is 3.44. The highest BCUT2D eigenvalue weighted by Gasteiger charge is 2.23. The van der Waals surface area contributed by atoms with E-state index in [1.807, 2.05) is 37.4 Å². The molecule has 0 saturated carbocycles. The summed E-state index contributed by atoms with van der Waals surface area (Å²) in [4.78, 5) is 16.7. The van der Waals surface area contributed by atoms with E-state index in [1.54, 1.807) is 12.0 Å². The maximum atomic E-state index is 12.5. The number of ether oxygens (including phenoxy) is 1. The molecule has 0 aliphatic carbocycles. The number of hydrogen-bond donors (Lipinski definition) is 0. The van der Waals surface area contributed by atoms with Gasteiger partial charge in [0.2, 0.25) is 0 Å². The molecule has 1 aliphatic rings. The first-order valence-corrected chi connectivity index (χ1v) is 7.27. The van der Waals surface area contributed by atoms with Crippen LogP contribution in [0.25, 0.3) is 0 Å². The predicted octanol–water partition coefficient (Wildman–Crippen LogP) is 1.93. The molecule has 1 saturated heterocycles. The summed E-state index contributed by atoms with van der Waals surface area (Å²) < 4.78 is 5.39. The molecule has 1 aromatic rings. The van der Waals surface area contributed by atoms with Crippen molar-refractivity contribution in [1.29, 1.82) is 0 Å². The summed E-state index contributed by atoms with van der Waals surface area (Å²) in [6.07, 6.45) is 2.06. The van der Waals surface area contributed by atoms with Gasteiger partial charge < -0.3 is 14.5 Å². The Hall–Kier alpha value is -1.39. The van der Waals surface area contributed by atoms with Gasteiger partial charge in [-0.2, -0.15) is 0 Å². The zero-order valence-electron chi connectivity index (χ0n) is 12.4. The lowest BCUT2D eigenvalue weighted by Gasteiger charge is -2.25. The van der Waals surface area contributed by atoms with Crippen LogP contribution in [0.5, 0.6) is 0 Å². The second-order valence-corrected chi connectivity index (χ2v) is 5.33. The van der Waals surface area contributed by atoms with Crippen molar-refractivity contribution in [1.82, 2.24) is 9.80 Å². The van der Waals surface area contributed by atoms with Crippen molar-refractivity contribution in [3.05, 3.63) is 35.9 Å². The van der Waals surface area contributed by atoms with Gasteiger partial charge in [-0.1, -0.05) is 30.3 Å². The summed E-state index contributed by atoms with van der Waals surface area (Å²) >= 11 is 0. The second-order valence-electron chi connectivity index (χ2n) is 5.33. The van der Waals surface area contributed by atoms with Crippen LogP contribution in [0, 0.1) is 0 Å². The molecule has 110 valence electrons. The standard InChI is InChI=1S/C16H24N2O2/c1-17(12-13-18-10-6-7-11-18)16(19)15(20-2)14-8-4-3-5-9-14/h3-5,8-9,15H,6-7,10-13H2,1-2H3/t15-/m1/s1. The third kappa shape index (κ3) is 3.81. The highest BCUT2D eigenvalue weighted by Crippen LogP contribution is 2.18. The fourth-order valence-electron chi connectivity index (χ4n) is 2.62. The van der Waals surface area contributed by atoms with Gasteiger partial charge in [-0.05, 0) is 31.5 Å². The van der Waals surface area contributed by atoms with Crippen molar-refractivity contribution in [2.24, 2.45) is 0 Å². The quantitative estimate of drug-likeness (QED) is 0.796. The summed E-state index contributed by atoms with van der Waals surface area (Å²) in [6.45, 7) is 4.03. The first kappa shape index (κ1) is 15.0. The molecule has 1 atom stereocenters. The van der Waals surface area contributed by atoms with Gasteiger partial charge in [0.1, 0.15) is 0 Å². The molecule has 1 aliphatic heterocycles. The number of nitrogens with zero attached hydrogens (tertiary/aromatic N) is 2. The number of carbonyl (C=O) groups excluding carboxylic acids is 1. The molecule has 0 aromatic heterocycles. The molecule has 0 unspecified atom stereocenters. The average molecular weight is 276 g/mol. The minimum absolute atomic E-state index is 0.0258. The highest BCUT2D eigenvalue weighted by molar-refractivity contribution is 5.82. The zero-order valence-corrected chi connectivity index (χ0v) is 12.4. The molecule has 0 bridgehead atoms. The maximum Gasteiger partial charge on any atom is 0.256 e. The Labute approximate surface area is 121 Å². The molecule has 0 radical (unpaired) electrons. The van der Waals surface area contributed by atoms with Crippen LogP contribution >= 0.6 is 0 Å². The van der Waals surface area contributed by atoms with E-state index >= 15 is 0 Å². The molecule has 4 nitrogen and oxygen atoms in total. The zero-order chi connectivity index (χ0) is 14.4. The molecule has 0 N–H and O–H groups in total. The minimum atomic E-state index is -0.500. The van der Waals surface area contributed by atoms with Gasteiger partial charge in [0.25, 0.3) is 5.91 Å². The number of benzene rings is 1. The van der Waals surface area contributed by atoms with Crippen molar-refractivity contribution in [2.75, 3.05) is 40.3 Å². The molecule has 1 amide bonds. The van der Waals surface area contributed by atoms with Gasteiger partial charge in [0, 0.05) is 27.2 Å². The Morgan fingerprint density at radius 2 is 1.95 bits per heavy atom. The van der Waals surface area contributed by atoms with Crippen molar-refractivity contribution in [3.8, 4) is 0 Å². The normalized spacial score (nSPS) is 17.1. The molecule has 4 heteroatoms. The van der Waals surface area contributed by atoms with Crippen LogP contribution in [0.3, 0.4) is 0 Å². The lowest BCUT2D eigenvalue weighted by atomic mass is 10.1. The topological polar surface area (TPSA) is 32.8 Å². The second kappa shape index (κ2) is 7.41. The van der Waals surface area contributed by atoms with Gasteiger partial charge in [-0.25, -0.2) is 0 Å². The van der Waals surface area contributed by atoms with E-state index in [0.717, 1.165) is 31.7 Å². The lowest BCUT2D eigenvalue weighted by molar-refractivity contribution is -0.141. The molecule has 1 aromatic carbocycles. The van der Waals surface area contributed by atoms with Gasteiger partial charge in [-0.3, -0.25) is 4.79 Å². The van der Waals surface area contributed by atoms with Crippen molar-refractivity contribution >= 4 is 5.91 Å². The largest absolute Gasteiger partial charge is 0.367 e. The number of amides is 1. The Morgan fingerprint density at radius 1 is 1.30 bits per heavy atom. The van der Waals surface area contributed by atoms with Gasteiger partial charge in [-0.15, -0.1) is 0 Å². The highest BCUT2D eigenvalue weighted by atomic mass is 16.5. The van der Waals surface area contributed by atoms with E-state index in [1.165, 1.54) is 12.8 Å². The van der Waals surface area contributed by atoms with E-state index < -0.39 is 6.10 Å². The van der Waals surface area contributed by atoms with Crippen LogP contribution in [0.4, 0.5) is 0 Å². The number of rotatable bonds is 6. The van der Waals surface area contributed by atoms with Crippen LogP contribution in [0.15, 0.2) is 30.3 Å². The van der Waals surface area contributed by atoms with Crippen molar-refractivity contribution < 1.29 is 9.53 Å². The molecule has 1 fully saturated rings. The molecule has 2 rings (SSSR count). The molecular formula is C16H24N2O2. The Balaban J connectivity index is 1.90. The van der Waals surface area contributed by atoms with E-state index in [2.05, 4.69) is 4.90 Å². The summed E-state index contributed by atoms with van der Waals surface area (Å²) in [6, 6.07) is 9.66. The summed E-state index contributed by atoms with van der Waals surface area (Å²) in [5.74, 6) is 0.0258. The predicted molar refractivity (Wildman–Crippen MR) is 79.5 cm³/mol. The monoisotopic (exact) mass is 276 g/mol. The van der Waals surface area contributed by atoms with Crippen LogP contribution in [-0.4, -0.2) is 56.0 Å². The maximum absolute atomic E-state index is 12.5. The van der Waals surface area contributed by atoms with Crippen LogP contribution in [0.2, 0.25) is 0 Å². The number of methoxy groups -OCH3 is 1. The summed E-state index contributed by atoms with van der Waals surface area (Å²) in [5.41, 5.74) is 0.910. The third-order valence-electron chi connectivity index (χ3n) is 3.89. The number of likely N-dealkylation sites (tertiary alicyclic amines) is 1. The number of likely N-dealkylation sites (N-methyl/N-ethyl adjacent to an activating group) is 1. The number of hydrogen-bond acceptors (Lipinski definition) is 3. The first-order chi connectivity index (χ1) is 9.72. The Bertz CT molecular complexity index is 416. The smallest absolute Gasteiger partial charge is 0.256 e. The summed E-state index contributed by atoms with van der Waals surface area (Å²) in [5, 5.41) is 0. The van der Waals surface area contributed by atoms with E-state index in [0.29, 0.717) is 0 Å². The van der Waals surface area contributed by atoms with E-state index in [4.69, 9.17) is 4.74 Å². The van der Waals surface area contributed by atoms with Crippen LogP contribution in [0.1, 0.15) is 24.5 Å².